The Kier molecular flexibility index (Phi) is 20.0. The SMILES string of the molecule is COC(C)(C)CCOC(C)(C)CNC(=O)C(CCCCNC(=O)C(N)CCCCN)NC(=O)C(N)CCCCN. The van der Waals surface area contributed by atoms with Crippen molar-refractivity contribution in [1.82, 2.24) is 16.0 Å². The number of carbonyl (C=O) groups is 3. The van der Waals surface area contributed by atoms with Gasteiger partial charge in [-0.1, -0.05) is 12.8 Å². The van der Waals surface area contributed by atoms with Crippen LogP contribution < -0.4 is 38.9 Å². The van der Waals surface area contributed by atoms with Crippen LogP contribution in [0.2, 0.25) is 0 Å². The molecule has 12 nitrogen and oxygen atoms in total. The molecule has 0 aliphatic rings. The molecule has 0 aromatic carbocycles. The first-order valence-electron chi connectivity index (χ1n) is 14.7. The highest BCUT2D eigenvalue weighted by atomic mass is 16.5. The number of hydrogen-bond donors (Lipinski definition) is 7. The van der Waals surface area contributed by atoms with E-state index < -0.39 is 23.7 Å². The van der Waals surface area contributed by atoms with E-state index in [2.05, 4.69) is 16.0 Å². The number of hydrogen-bond acceptors (Lipinski definition) is 9. The summed E-state index contributed by atoms with van der Waals surface area (Å²) in [6, 6.07) is -2.03. The van der Waals surface area contributed by atoms with E-state index in [0.29, 0.717) is 64.8 Å². The summed E-state index contributed by atoms with van der Waals surface area (Å²) in [5.74, 6) is -0.868. The molecule has 0 saturated heterocycles. The summed E-state index contributed by atoms with van der Waals surface area (Å²) >= 11 is 0. The van der Waals surface area contributed by atoms with E-state index in [1.165, 1.54) is 0 Å². The van der Waals surface area contributed by atoms with Crippen LogP contribution in [0.3, 0.4) is 0 Å². The molecule has 0 aromatic heterocycles. The maximum absolute atomic E-state index is 13.1. The Morgan fingerprint density at radius 2 is 1.27 bits per heavy atom. The number of carbonyl (C=O) groups excluding carboxylic acids is 3. The molecule has 0 aliphatic heterocycles. The molecule has 236 valence electrons. The highest BCUT2D eigenvalue weighted by Gasteiger charge is 2.27. The fourth-order valence-electron chi connectivity index (χ4n) is 3.79. The van der Waals surface area contributed by atoms with Crippen LogP contribution in [0.5, 0.6) is 0 Å². The van der Waals surface area contributed by atoms with Crippen LogP contribution in [0.1, 0.15) is 91.9 Å². The first-order valence-corrected chi connectivity index (χ1v) is 14.7. The van der Waals surface area contributed by atoms with Gasteiger partial charge >= 0.3 is 0 Å². The molecule has 12 heteroatoms. The molecule has 0 fully saturated rings. The number of ether oxygens (including phenoxy) is 2. The molecule has 0 spiro atoms. The van der Waals surface area contributed by atoms with Crippen molar-refractivity contribution < 1.29 is 23.9 Å². The fourth-order valence-corrected chi connectivity index (χ4v) is 3.79. The molecule has 0 heterocycles. The molecule has 0 rings (SSSR count). The van der Waals surface area contributed by atoms with Crippen LogP contribution in [-0.4, -0.2) is 86.9 Å². The van der Waals surface area contributed by atoms with Gasteiger partial charge in [0.1, 0.15) is 6.04 Å². The van der Waals surface area contributed by atoms with Crippen molar-refractivity contribution in [2.45, 2.75) is 121 Å². The van der Waals surface area contributed by atoms with E-state index in [0.717, 1.165) is 25.7 Å². The highest BCUT2D eigenvalue weighted by molar-refractivity contribution is 5.89. The zero-order chi connectivity index (χ0) is 30.6. The summed E-state index contributed by atoms with van der Waals surface area (Å²) < 4.78 is 11.4. The molecule has 0 saturated carbocycles. The molecule has 0 bridgehead atoms. The van der Waals surface area contributed by atoms with E-state index >= 15 is 0 Å². The van der Waals surface area contributed by atoms with Crippen LogP contribution in [-0.2, 0) is 23.9 Å². The van der Waals surface area contributed by atoms with Gasteiger partial charge in [-0.15, -0.1) is 0 Å². The van der Waals surface area contributed by atoms with Gasteiger partial charge in [0.05, 0.1) is 29.9 Å². The second-order valence-electron chi connectivity index (χ2n) is 11.7. The van der Waals surface area contributed by atoms with Crippen molar-refractivity contribution in [3.8, 4) is 0 Å². The summed E-state index contributed by atoms with van der Waals surface area (Å²) in [6.45, 7) is 10.1. The predicted molar refractivity (Wildman–Crippen MR) is 159 cm³/mol. The fraction of sp³-hybridized carbons (Fsp3) is 0.893. The molecular formula is C28H59N7O5. The third-order valence-electron chi connectivity index (χ3n) is 6.90. The van der Waals surface area contributed by atoms with Crippen LogP contribution in [0.25, 0.3) is 0 Å². The van der Waals surface area contributed by atoms with Crippen molar-refractivity contribution >= 4 is 17.7 Å². The maximum Gasteiger partial charge on any atom is 0.242 e. The van der Waals surface area contributed by atoms with Gasteiger partial charge in [-0.25, -0.2) is 0 Å². The summed E-state index contributed by atoms with van der Waals surface area (Å²) in [5.41, 5.74) is 22.1. The molecular weight excluding hydrogens is 514 g/mol. The van der Waals surface area contributed by atoms with Gasteiger partial charge in [0, 0.05) is 20.2 Å². The predicted octanol–water partition coefficient (Wildman–Crippen LogP) is 0.397. The van der Waals surface area contributed by atoms with Gasteiger partial charge in [-0.3, -0.25) is 14.4 Å². The highest BCUT2D eigenvalue weighted by Crippen LogP contribution is 2.16. The van der Waals surface area contributed by atoms with Crippen molar-refractivity contribution in [3.05, 3.63) is 0 Å². The van der Waals surface area contributed by atoms with Gasteiger partial charge in [0.15, 0.2) is 0 Å². The first kappa shape index (κ1) is 38.2. The number of nitrogens with one attached hydrogen (secondary N) is 3. The Balaban J connectivity index is 4.90. The topological polar surface area (TPSA) is 210 Å². The van der Waals surface area contributed by atoms with E-state index in [-0.39, 0.29) is 29.9 Å². The van der Waals surface area contributed by atoms with Gasteiger partial charge in [0.25, 0.3) is 0 Å². The number of rotatable bonds is 24. The van der Waals surface area contributed by atoms with Crippen LogP contribution in [0.15, 0.2) is 0 Å². The smallest absolute Gasteiger partial charge is 0.242 e. The Morgan fingerprint density at radius 3 is 1.82 bits per heavy atom. The largest absolute Gasteiger partial charge is 0.379 e. The second kappa shape index (κ2) is 21.0. The van der Waals surface area contributed by atoms with Gasteiger partial charge in [0.2, 0.25) is 17.7 Å². The number of nitrogens with two attached hydrogens (primary N) is 4. The van der Waals surface area contributed by atoms with Crippen LogP contribution in [0, 0.1) is 0 Å². The van der Waals surface area contributed by atoms with E-state index in [4.69, 9.17) is 32.4 Å². The lowest BCUT2D eigenvalue weighted by molar-refractivity contribution is -0.130. The van der Waals surface area contributed by atoms with Gasteiger partial charge in [-0.05, 0) is 92.2 Å². The van der Waals surface area contributed by atoms with E-state index in [1.54, 1.807) is 7.11 Å². The van der Waals surface area contributed by atoms with Crippen molar-refractivity contribution in [1.29, 1.82) is 0 Å². The van der Waals surface area contributed by atoms with Crippen molar-refractivity contribution in [2.24, 2.45) is 22.9 Å². The number of unbranched alkanes of at least 4 members (excludes halogenated alkanes) is 3. The summed E-state index contributed by atoms with van der Waals surface area (Å²) in [4.78, 5) is 38.0. The first-order chi connectivity index (χ1) is 18.8. The Bertz CT molecular complexity index is 721. The molecule has 3 amide bonds. The molecule has 3 unspecified atom stereocenters. The van der Waals surface area contributed by atoms with E-state index in [9.17, 15) is 14.4 Å². The average Bonchev–Trinajstić information content (AvgIpc) is 2.90. The van der Waals surface area contributed by atoms with E-state index in [1.807, 2.05) is 27.7 Å². The molecule has 0 aliphatic carbocycles. The summed E-state index contributed by atoms with van der Waals surface area (Å²) in [5, 5.41) is 8.57. The number of amides is 3. The second-order valence-corrected chi connectivity index (χ2v) is 11.7. The van der Waals surface area contributed by atoms with Crippen molar-refractivity contribution in [2.75, 3.05) is 39.9 Å². The van der Waals surface area contributed by atoms with Gasteiger partial charge in [-0.2, -0.15) is 0 Å². The Hall–Kier alpha value is -1.83. The lowest BCUT2D eigenvalue weighted by Gasteiger charge is -2.30. The summed E-state index contributed by atoms with van der Waals surface area (Å²) in [6.07, 6.45) is 6.59. The molecule has 0 aromatic rings. The molecule has 0 radical (unpaired) electrons. The Morgan fingerprint density at radius 1 is 0.725 bits per heavy atom. The van der Waals surface area contributed by atoms with Crippen LogP contribution >= 0.6 is 0 Å². The minimum Gasteiger partial charge on any atom is -0.379 e. The lowest BCUT2D eigenvalue weighted by atomic mass is 10.0. The average molecular weight is 574 g/mol. The molecule has 3 atom stereocenters. The summed E-state index contributed by atoms with van der Waals surface area (Å²) in [7, 11) is 1.66. The number of methoxy groups -OCH3 is 1. The monoisotopic (exact) mass is 573 g/mol. The standard InChI is InChI=1S/C28H59N7O5/c1-27(2,39-5)15-19-40-28(3,4)20-34-26(38)23(35-25(37)22(32)13-7-10-17-30)14-8-11-18-33-24(36)21(31)12-6-9-16-29/h21-23H,6-20,29-32H2,1-5H3,(H,33,36)(H,34,38)(H,35,37). The maximum atomic E-state index is 13.1. The molecule has 40 heavy (non-hydrogen) atoms. The third-order valence-corrected chi connectivity index (χ3v) is 6.90. The normalized spacial score (nSPS) is 14.3. The lowest BCUT2D eigenvalue weighted by Crippen LogP contribution is -2.53. The van der Waals surface area contributed by atoms with Gasteiger partial charge < -0.3 is 48.4 Å². The zero-order valence-electron chi connectivity index (χ0n) is 25.7. The van der Waals surface area contributed by atoms with Crippen molar-refractivity contribution in [3.63, 3.8) is 0 Å². The molecule has 11 N–H and O–H groups in total. The minimum atomic E-state index is -0.759. The van der Waals surface area contributed by atoms with Crippen LogP contribution in [0.4, 0.5) is 0 Å². The quantitative estimate of drug-likeness (QED) is 0.0795. The third kappa shape index (κ3) is 18.5. The minimum absolute atomic E-state index is 0.195. The zero-order valence-corrected chi connectivity index (χ0v) is 25.7. The Labute approximate surface area is 241 Å².